The van der Waals surface area contributed by atoms with E-state index in [1.54, 1.807) is 6.92 Å². The van der Waals surface area contributed by atoms with Gasteiger partial charge < -0.3 is 166 Å². The van der Waals surface area contributed by atoms with Crippen LogP contribution in [-0.2, 0) is 99.5 Å². The van der Waals surface area contributed by atoms with Crippen LogP contribution in [-0.4, -0.2) is 379 Å². The molecule has 0 spiro atoms. The largest absolute Gasteiger partial charge is 0.394 e. The van der Waals surface area contributed by atoms with E-state index in [9.17, 15) is 66.4 Å². The molecule has 0 aromatic heterocycles. The minimum Gasteiger partial charge on any atom is -0.394 e. The highest BCUT2D eigenvalue weighted by atomic mass is 16.8. The second-order valence-corrected chi connectivity index (χ2v) is 21.7. The first kappa shape index (κ1) is 75.4. The van der Waals surface area contributed by atoms with Crippen molar-refractivity contribution in [2.45, 2.75) is 217 Å². The van der Waals surface area contributed by atoms with Gasteiger partial charge in [-0.15, -0.1) is 0 Å². The number of methoxy groups -OCH3 is 9. The second kappa shape index (κ2) is 35.6. The van der Waals surface area contributed by atoms with Crippen LogP contribution in [0.2, 0.25) is 0 Å². The van der Waals surface area contributed by atoms with Gasteiger partial charge in [0.05, 0.1) is 65.1 Å². The quantitative estimate of drug-likeness (QED) is 0.0331. The Bertz CT molecular complexity index is 1870. The predicted molar refractivity (Wildman–Crippen MR) is 281 cm³/mol. The van der Waals surface area contributed by atoms with E-state index in [0.29, 0.717) is 0 Å². The van der Waals surface area contributed by atoms with E-state index < -0.39 is 203 Å². The topological polar surface area (TPSA) is 457 Å². The third-order valence-corrected chi connectivity index (χ3v) is 15.5. The fourth-order valence-electron chi connectivity index (χ4n) is 10.9. The summed E-state index contributed by atoms with van der Waals surface area (Å²) in [5, 5.41) is 137. The first-order chi connectivity index (χ1) is 40.9. The fourth-order valence-corrected chi connectivity index (χ4v) is 10.9. The number of hydrogen-bond donors (Lipinski definition) is 13. The van der Waals surface area contributed by atoms with E-state index in [-0.39, 0.29) is 46.2 Å². The SMILES string of the molecule is COCC1O[C@@H](O[C@H]2C(O)C(OC)[C@H](O)O[C@H]2COC)[C@@H](OC)C(O)[C@@H]1O[C@@H]1O[C@@H](CO)[C@@H](O)C(O)C1OC.COCC1O[C@@](C)(O[C@H]2C(O)C(O)[C@H](O)O[C@H]2COC)[C@@H](OCC(C)OC)C(O)[C@@H]1O[C@@H]1O[C@@H](COCC(C)O)[C@@H](O)C(O)C1OC. The number of ether oxygens (including phenoxy) is 21. The first-order valence-electron chi connectivity index (χ1n) is 28.1. The molecular formula is C52H96O34. The molecule has 0 saturated carbocycles. The summed E-state index contributed by atoms with van der Waals surface area (Å²) >= 11 is 0. The van der Waals surface area contributed by atoms with Gasteiger partial charge in [0.1, 0.15) is 146 Å². The number of rotatable bonds is 29. The Kier molecular flexibility index (Phi) is 31.2. The van der Waals surface area contributed by atoms with Gasteiger partial charge in [0.15, 0.2) is 37.2 Å². The van der Waals surface area contributed by atoms with Crippen molar-refractivity contribution in [1.82, 2.24) is 0 Å². The Labute approximate surface area is 498 Å². The Balaban J connectivity index is 0.000000319. The molecule has 0 aliphatic carbocycles. The van der Waals surface area contributed by atoms with Crippen LogP contribution in [0.3, 0.4) is 0 Å². The maximum Gasteiger partial charge on any atom is 0.195 e. The third kappa shape index (κ3) is 18.3. The lowest BCUT2D eigenvalue weighted by Crippen LogP contribution is -2.71. The maximum atomic E-state index is 11.9. The molecule has 34 heteroatoms. The summed E-state index contributed by atoms with van der Waals surface area (Å²) in [7, 11) is 12.2. The lowest BCUT2D eigenvalue weighted by molar-refractivity contribution is -0.416. The van der Waals surface area contributed by atoms with E-state index >= 15 is 0 Å². The Morgan fingerprint density at radius 2 is 0.814 bits per heavy atom. The lowest BCUT2D eigenvalue weighted by Gasteiger charge is -2.53. The third-order valence-electron chi connectivity index (χ3n) is 15.5. The van der Waals surface area contributed by atoms with Crippen LogP contribution in [0.1, 0.15) is 20.8 Å². The zero-order valence-corrected chi connectivity index (χ0v) is 50.4. The Morgan fingerprint density at radius 1 is 0.407 bits per heavy atom. The van der Waals surface area contributed by atoms with Crippen LogP contribution >= 0.6 is 0 Å². The summed E-state index contributed by atoms with van der Waals surface area (Å²) in [5.74, 6) is -1.87. The van der Waals surface area contributed by atoms with Crippen LogP contribution in [0.5, 0.6) is 0 Å². The van der Waals surface area contributed by atoms with Crippen molar-refractivity contribution < 1.29 is 166 Å². The van der Waals surface area contributed by atoms with Crippen molar-refractivity contribution >= 4 is 0 Å². The highest BCUT2D eigenvalue weighted by Gasteiger charge is 2.60. The molecule has 14 unspecified atom stereocenters. The van der Waals surface area contributed by atoms with Crippen LogP contribution in [0.4, 0.5) is 0 Å². The Hall–Kier alpha value is -1.36. The fraction of sp³-hybridized carbons (Fsp3) is 1.00. The monoisotopic (exact) mass is 1260 g/mol. The van der Waals surface area contributed by atoms with E-state index in [2.05, 4.69) is 0 Å². The standard InChI is InChI=1S/C29H54O18.C23H42O16/c1-13(30)8-41-12-15-18(31)19(32)25(40-7)28(44-15)45-23-17(11-38-5)46-29(3,26(22(23)35)42-9-14(2)39-6)47-24-16(10-37-4)43-27(36)21(34)20(24)33;1-30-7-10-16(14(27)18(32-3)21(29)35-10)38-23-20(34-5)15(28)17(11(37-23)8-31-2)39-22-19(33-4)13(26)12(25)9(6-24)36-22/h13-28,30-36H,8-12H2,1-7H3;9-29H,6-8H2,1-5H3/t13?,14?,15-,16-,17?,18+,19?,20?,21?,22?,23+,24+,25?,26-,27+,28-,29-;9-,10-,11?,12+,13?,14?,15?,16+,17+,18?,19?,20-,21+,22-,23-/m00/s1. The first-order valence-corrected chi connectivity index (χ1v) is 28.1. The zero-order chi connectivity index (χ0) is 63.9. The highest BCUT2D eigenvalue weighted by molar-refractivity contribution is 5.02. The molecule has 86 heavy (non-hydrogen) atoms. The van der Waals surface area contributed by atoms with E-state index in [4.69, 9.17) is 99.5 Å². The normalized spacial score (nSPS) is 45.7. The highest BCUT2D eigenvalue weighted by Crippen LogP contribution is 2.41. The van der Waals surface area contributed by atoms with Crippen LogP contribution in [0, 0.1) is 0 Å². The Morgan fingerprint density at radius 3 is 1.29 bits per heavy atom. The minimum atomic E-state index is -1.87. The summed E-state index contributed by atoms with van der Waals surface area (Å²) in [4.78, 5) is 0. The van der Waals surface area contributed by atoms with Crippen molar-refractivity contribution in [3.63, 3.8) is 0 Å². The second-order valence-electron chi connectivity index (χ2n) is 21.7. The summed E-state index contributed by atoms with van der Waals surface area (Å²) < 4.78 is 119. The van der Waals surface area contributed by atoms with Gasteiger partial charge in [-0.25, -0.2) is 0 Å². The van der Waals surface area contributed by atoms with Crippen molar-refractivity contribution in [3.8, 4) is 0 Å². The smallest absolute Gasteiger partial charge is 0.195 e. The summed E-state index contributed by atoms with van der Waals surface area (Å²) in [5.41, 5.74) is 0. The molecule has 6 heterocycles. The molecule has 0 bridgehead atoms. The van der Waals surface area contributed by atoms with Crippen molar-refractivity contribution in [1.29, 1.82) is 0 Å². The van der Waals surface area contributed by atoms with E-state index in [1.807, 2.05) is 0 Å². The minimum absolute atomic E-state index is 0.0486. The zero-order valence-electron chi connectivity index (χ0n) is 50.4. The molecule has 6 saturated heterocycles. The predicted octanol–water partition coefficient (Wildman–Crippen LogP) is -8.06. The van der Waals surface area contributed by atoms with Gasteiger partial charge in [0.25, 0.3) is 0 Å². The molecule has 0 aromatic carbocycles. The van der Waals surface area contributed by atoms with Gasteiger partial charge in [-0.05, 0) is 20.8 Å². The van der Waals surface area contributed by atoms with Gasteiger partial charge in [0, 0.05) is 64.0 Å². The molecule has 0 amide bonds. The van der Waals surface area contributed by atoms with Crippen LogP contribution in [0.25, 0.3) is 0 Å². The molecule has 0 aromatic rings. The molecule has 13 N–H and O–H groups in total. The molecule has 6 aliphatic rings. The number of hydrogen-bond acceptors (Lipinski definition) is 34. The average molecular weight is 1270 g/mol. The summed E-state index contributed by atoms with van der Waals surface area (Å²) in [6.07, 6.45) is -39.3. The summed E-state index contributed by atoms with van der Waals surface area (Å²) in [6, 6.07) is 0. The number of aliphatic hydroxyl groups excluding tert-OH is 13. The van der Waals surface area contributed by atoms with Gasteiger partial charge in [-0.2, -0.15) is 0 Å². The van der Waals surface area contributed by atoms with Crippen molar-refractivity contribution in [2.24, 2.45) is 0 Å². The van der Waals surface area contributed by atoms with Gasteiger partial charge in [-0.1, -0.05) is 0 Å². The van der Waals surface area contributed by atoms with E-state index in [1.165, 1.54) is 77.8 Å². The molecular weight excluding hydrogens is 1170 g/mol. The van der Waals surface area contributed by atoms with Crippen molar-refractivity contribution in [3.05, 3.63) is 0 Å². The summed E-state index contributed by atoms with van der Waals surface area (Å²) in [6.45, 7) is 3.34. The lowest BCUT2D eigenvalue weighted by atomic mass is 9.91. The average Bonchev–Trinajstić information content (AvgIpc) is 0.958. The number of aliphatic hydroxyl groups is 13. The van der Waals surface area contributed by atoms with Crippen LogP contribution in [0.15, 0.2) is 0 Å². The van der Waals surface area contributed by atoms with E-state index in [0.717, 1.165) is 0 Å². The molecule has 32 atom stereocenters. The molecule has 0 radical (unpaired) electrons. The maximum absolute atomic E-state index is 11.9. The van der Waals surface area contributed by atoms with Gasteiger partial charge in [-0.3, -0.25) is 0 Å². The van der Waals surface area contributed by atoms with Gasteiger partial charge >= 0.3 is 0 Å². The van der Waals surface area contributed by atoms with Gasteiger partial charge in [0.2, 0.25) is 0 Å². The van der Waals surface area contributed by atoms with Crippen LogP contribution < -0.4 is 0 Å². The molecule has 6 rings (SSSR count). The molecule has 6 fully saturated rings. The molecule has 6 aliphatic heterocycles. The molecule has 508 valence electrons. The molecule has 34 nitrogen and oxygen atoms in total. The van der Waals surface area contributed by atoms with Crippen molar-refractivity contribution in [2.75, 3.05) is 117 Å².